The van der Waals surface area contributed by atoms with Gasteiger partial charge >= 0.3 is 0 Å². The third-order valence-electron chi connectivity index (χ3n) is 3.49. The van der Waals surface area contributed by atoms with Crippen molar-refractivity contribution in [2.75, 3.05) is 0 Å². The lowest BCUT2D eigenvalue weighted by Crippen LogP contribution is -2.10. The predicted molar refractivity (Wildman–Crippen MR) is 64.2 cm³/mol. The molecule has 0 bridgehead atoms. The molecule has 1 nitrogen and oxygen atoms in total. The van der Waals surface area contributed by atoms with Crippen LogP contribution in [0, 0.1) is 0 Å². The Morgan fingerprint density at radius 2 is 1.93 bits per heavy atom. The number of hydrogen-bond acceptors (Lipinski definition) is 1. The number of hydrogen-bond donors (Lipinski definition) is 0. The van der Waals surface area contributed by atoms with Gasteiger partial charge in [-0.15, -0.1) is 0 Å². The molecule has 0 N–H and O–H groups in total. The van der Waals surface area contributed by atoms with E-state index in [1.54, 1.807) is 0 Å². The molecule has 0 spiro atoms. The maximum absolute atomic E-state index is 4.62. The first-order valence-corrected chi connectivity index (χ1v) is 6.24. The second-order valence-electron chi connectivity index (χ2n) is 4.97. The molecule has 0 radical (unpaired) electrons. The molecule has 0 unspecified atom stereocenters. The van der Waals surface area contributed by atoms with Crippen LogP contribution in [0.15, 0.2) is 18.3 Å². The van der Waals surface area contributed by atoms with Gasteiger partial charge in [-0.25, -0.2) is 0 Å². The van der Waals surface area contributed by atoms with E-state index in [0.29, 0.717) is 5.92 Å². The minimum atomic E-state index is 0.607. The van der Waals surface area contributed by atoms with Crippen LogP contribution < -0.4 is 0 Å². The molecule has 1 heteroatoms. The number of aromatic nitrogens is 1. The fraction of sp³-hybridized carbons (Fsp3) is 0.643. The lowest BCUT2D eigenvalue weighted by molar-refractivity contribution is 0.433. The average molecular weight is 203 g/mol. The zero-order valence-corrected chi connectivity index (χ0v) is 9.87. The molecule has 1 saturated carbocycles. The Kier molecular flexibility index (Phi) is 3.40. The van der Waals surface area contributed by atoms with Crippen molar-refractivity contribution in [1.29, 1.82) is 0 Å². The summed E-state index contributed by atoms with van der Waals surface area (Å²) in [6.45, 7) is 4.53. The highest BCUT2D eigenvalue weighted by Gasteiger charge is 2.20. The second-order valence-corrected chi connectivity index (χ2v) is 4.97. The first kappa shape index (κ1) is 10.7. The predicted octanol–water partition coefficient (Wildman–Crippen LogP) is 4.25. The van der Waals surface area contributed by atoms with Crippen LogP contribution in [0.5, 0.6) is 0 Å². The number of rotatable bonds is 2. The zero-order chi connectivity index (χ0) is 10.7. The van der Waals surface area contributed by atoms with Gasteiger partial charge in [-0.2, -0.15) is 0 Å². The van der Waals surface area contributed by atoms with Crippen molar-refractivity contribution in [3.05, 3.63) is 29.6 Å². The summed E-state index contributed by atoms with van der Waals surface area (Å²) in [6, 6.07) is 4.32. The van der Waals surface area contributed by atoms with E-state index in [0.717, 1.165) is 5.92 Å². The van der Waals surface area contributed by atoms with E-state index in [1.165, 1.54) is 43.4 Å². The van der Waals surface area contributed by atoms with Crippen molar-refractivity contribution in [3.63, 3.8) is 0 Å². The van der Waals surface area contributed by atoms with E-state index in [4.69, 9.17) is 0 Å². The van der Waals surface area contributed by atoms with Gasteiger partial charge in [-0.1, -0.05) is 39.2 Å². The Morgan fingerprint density at radius 1 is 1.20 bits per heavy atom. The third-order valence-corrected chi connectivity index (χ3v) is 3.49. The SMILES string of the molecule is CC(C)c1cccnc1C1CCCCC1. The summed E-state index contributed by atoms with van der Waals surface area (Å²) in [5.41, 5.74) is 2.84. The van der Waals surface area contributed by atoms with Crippen LogP contribution in [0.25, 0.3) is 0 Å². The van der Waals surface area contributed by atoms with E-state index in [2.05, 4.69) is 31.0 Å². The van der Waals surface area contributed by atoms with Crippen LogP contribution in [0.4, 0.5) is 0 Å². The molecule has 1 heterocycles. The van der Waals surface area contributed by atoms with E-state index in [1.807, 2.05) is 6.20 Å². The summed E-state index contributed by atoms with van der Waals surface area (Å²) in [6.07, 6.45) is 8.83. The molecular weight excluding hydrogens is 182 g/mol. The largest absolute Gasteiger partial charge is 0.261 e. The summed E-state index contributed by atoms with van der Waals surface area (Å²) in [5.74, 6) is 1.34. The minimum absolute atomic E-state index is 0.607. The molecule has 2 rings (SSSR count). The molecule has 0 saturated heterocycles. The van der Waals surface area contributed by atoms with Crippen LogP contribution in [-0.4, -0.2) is 4.98 Å². The molecule has 1 aromatic heterocycles. The third kappa shape index (κ3) is 2.39. The quantitative estimate of drug-likeness (QED) is 0.700. The van der Waals surface area contributed by atoms with Gasteiger partial charge in [0.25, 0.3) is 0 Å². The highest BCUT2D eigenvalue weighted by Crippen LogP contribution is 2.34. The smallest absolute Gasteiger partial charge is 0.0469 e. The molecular formula is C14H21N. The average Bonchev–Trinajstić information content (AvgIpc) is 2.30. The lowest BCUT2D eigenvalue weighted by atomic mass is 9.83. The van der Waals surface area contributed by atoms with Crippen LogP contribution in [-0.2, 0) is 0 Å². The summed E-state index contributed by atoms with van der Waals surface area (Å²) >= 11 is 0. The second kappa shape index (κ2) is 4.78. The fourth-order valence-corrected chi connectivity index (χ4v) is 2.64. The van der Waals surface area contributed by atoms with Crippen LogP contribution in [0.2, 0.25) is 0 Å². The Labute approximate surface area is 92.9 Å². The fourth-order valence-electron chi connectivity index (χ4n) is 2.64. The Hall–Kier alpha value is -0.850. The molecule has 1 fully saturated rings. The first-order chi connectivity index (χ1) is 7.29. The standard InChI is InChI=1S/C14H21N/c1-11(2)13-9-6-10-15-14(13)12-7-4-3-5-8-12/h6,9-12H,3-5,7-8H2,1-2H3. The Morgan fingerprint density at radius 3 is 2.60 bits per heavy atom. The Balaban J connectivity index is 2.25. The topological polar surface area (TPSA) is 12.9 Å². The number of pyridine rings is 1. The van der Waals surface area contributed by atoms with Gasteiger partial charge < -0.3 is 0 Å². The zero-order valence-electron chi connectivity index (χ0n) is 9.87. The van der Waals surface area contributed by atoms with Gasteiger partial charge in [0, 0.05) is 17.8 Å². The number of nitrogens with zero attached hydrogens (tertiary/aromatic N) is 1. The van der Waals surface area contributed by atoms with Crippen LogP contribution >= 0.6 is 0 Å². The van der Waals surface area contributed by atoms with Crippen LogP contribution in [0.1, 0.15) is 69.0 Å². The van der Waals surface area contributed by atoms with Crippen molar-refractivity contribution < 1.29 is 0 Å². The van der Waals surface area contributed by atoms with E-state index in [9.17, 15) is 0 Å². The van der Waals surface area contributed by atoms with Crippen molar-refractivity contribution in [2.24, 2.45) is 0 Å². The van der Waals surface area contributed by atoms with Crippen molar-refractivity contribution >= 4 is 0 Å². The Bertz CT molecular complexity index is 311. The van der Waals surface area contributed by atoms with Gasteiger partial charge in [0.2, 0.25) is 0 Å². The maximum atomic E-state index is 4.62. The van der Waals surface area contributed by atoms with Gasteiger partial charge in [0.1, 0.15) is 0 Å². The molecule has 1 aliphatic carbocycles. The van der Waals surface area contributed by atoms with Gasteiger partial charge in [0.05, 0.1) is 0 Å². The van der Waals surface area contributed by atoms with Crippen molar-refractivity contribution in [1.82, 2.24) is 4.98 Å². The molecule has 0 amide bonds. The van der Waals surface area contributed by atoms with Crippen molar-refractivity contribution in [3.8, 4) is 0 Å². The van der Waals surface area contributed by atoms with Crippen LogP contribution in [0.3, 0.4) is 0 Å². The van der Waals surface area contributed by atoms with Gasteiger partial charge in [-0.05, 0) is 30.4 Å². The van der Waals surface area contributed by atoms with E-state index < -0.39 is 0 Å². The lowest BCUT2D eigenvalue weighted by Gasteiger charge is -2.24. The summed E-state index contributed by atoms with van der Waals surface area (Å²) in [7, 11) is 0. The van der Waals surface area contributed by atoms with Gasteiger partial charge in [0.15, 0.2) is 0 Å². The van der Waals surface area contributed by atoms with E-state index >= 15 is 0 Å². The molecule has 0 aromatic carbocycles. The summed E-state index contributed by atoms with van der Waals surface area (Å²) in [4.78, 5) is 4.62. The van der Waals surface area contributed by atoms with Crippen molar-refractivity contribution in [2.45, 2.75) is 57.8 Å². The highest BCUT2D eigenvalue weighted by molar-refractivity contribution is 5.26. The molecule has 0 atom stereocenters. The highest BCUT2D eigenvalue weighted by atomic mass is 14.7. The summed E-state index contributed by atoms with van der Waals surface area (Å²) in [5, 5.41) is 0. The minimum Gasteiger partial charge on any atom is -0.261 e. The molecule has 1 aromatic rings. The summed E-state index contributed by atoms with van der Waals surface area (Å²) < 4.78 is 0. The first-order valence-electron chi connectivity index (χ1n) is 6.24. The normalized spacial score (nSPS) is 18.3. The van der Waals surface area contributed by atoms with E-state index in [-0.39, 0.29) is 0 Å². The molecule has 15 heavy (non-hydrogen) atoms. The maximum Gasteiger partial charge on any atom is 0.0469 e. The molecule has 1 aliphatic rings. The monoisotopic (exact) mass is 203 g/mol. The molecule has 0 aliphatic heterocycles. The molecule has 82 valence electrons. The van der Waals surface area contributed by atoms with Gasteiger partial charge in [-0.3, -0.25) is 4.98 Å².